The minimum Gasteiger partial charge on any atom is -0.253 e. The van der Waals surface area contributed by atoms with Crippen LogP contribution in [0.15, 0.2) is 42.5 Å². The van der Waals surface area contributed by atoms with Gasteiger partial charge in [-0.15, -0.1) is 6.58 Å². The van der Waals surface area contributed by atoms with Gasteiger partial charge in [-0.3, -0.25) is 4.98 Å². The summed E-state index contributed by atoms with van der Waals surface area (Å²) in [6, 6.07) is 8.97. The van der Waals surface area contributed by atoms with Gasteiger partial charge in [-0.25, -0.2) is 0 Å². The summed E-state index contributed by atoms with van der Waals surface area (Å²) >= 11 is 0. The van der Waals surface area contributed by atoms with Gasteiger partial charge < -0.3 is 0 Å². The van der Waals surface area contributed by atoms with Gasteiger partial charge in [-0.05, 0) is 73.9 Å². The van der Waals surface area contributed by atoms with Crippen LogP contribution < -0.4 is 0 Å². The van der Waals surface area contributed by atoms with Crippen LogP contribution in [0, 0.1) is 12.8 Å². The molecule has 0 aliphatic rings. The first-order valence-corrected chi connectivity index (χ1v) is 9.66. The molecule has 0 fully saturated rings. The van der Waals surface area contributed by atoms with Crippen LogP contribution in [0.25, 0.3) is 16.5 Å². The molecule has 2 rings (SSSR count). The highest BCUT2D eigenvalue weighted by molar-refractivity contribution is 5.87. The minimum absolute atomic E-state index is 0.641. The molecule has 2 aromatic rings. The van der Waals surface area contributed by atoms with Crippen molar-refractivity contribution < 1.29 is 0 Å². The second kappa shape index (κ2) is 10.2. The van der Waals surface area contributed by atoms with Crippen molar-refractivity contribution in [2.45, 2.75) is 67.7 Å². The Morgan fingerprint density at radius 3 is 2.44 bits per heavy atom. The van der Waals surface area contributed by atoms with Crippen LogP contribution in [0.3, 0.4) is 0 Å². The van der Waals surface area contributed by atoms with Crippen LogP contribution in [0.2, 0.25) is 0 Å². The van der Waals surface area contributed by atoms with Gasteiger partial charge in [-0.2, -0.15) is 0 Å². The second-order valence-electron chi connectivity index (χ2n) is 6.86. The monoisotopic (exact) mass is 337 g/mol. The van der Waals surface area contributed by atoms with E-state index in [1.807, 2.05) is 19.9 Å². The van der Waals surface area contributed by atoms with Gasteiger partial charge >= 0.3 is 0 Å². The third kappa shape index (κ3) is 5.56. The zero-order chi connectivity index (χ0) is 19.0. The van der Waals surface area contributed by atoms with Crippen LogP contribution >= 0.6 is 0 Å². The molecule has 0 radical (unpaired) electrons. The molecule has 1 heterocycles. The van der Waals surface area contributed by atoms with E-state index in [0.717, 1.165) is 30.5 Å². The molecule has 0 saturated carbocycles. The predicted molar refractivity (Wildman–Crippen MR) is 114 cm³/mol. The lowest BCUT2D eigenvalue weighted by atomic mass is 9.90. The highest BCUT2D eigenvalue weighted by Gasteiger charge is 2.11. The van der Waals surface area contributed by atoms with Gasteiger partial charge in [0.2, 0.25) is 0 Å². The van der Waals surface area contributed by atoms with Gasteiger partial charge in [-0.1, -0.05) is 52.3 Å². The average molecular weight is 338 g/mol. The summed E-state index contributed by atoms with van der Waals surface area (Å²) in [5, 5.41) is 1.29. The first kappa shape index (κ1) is 21.2. The number of benzene rings is 1. The Balaban J connectivity index is 0.00000151. The first-order chi connectivity index (χ1) is 12.0. The topological polar surface area (TPSA) is 12.9 Å². The fourth-order valence-corrected chi connectivity index (χ4v) is 3.21. The molecule has 0 N–H and O–H groups in total. The molecule has 136 valence electrons. The number of hydrogen-bond acceptors (Lipinski definition) is 1. The molecule has 0 atom stereocenters. The number of aryl methyl sites for hydroxylation is 2. The molecular weight excluding hydrogens is 302 g/mol. The van der Waals surface area contributed by atoms with E-state index in [0.29, 0.717) is 5.92 Å². The third-order valence-corrected chi connectivity index (χ3v) is 4.33. The van der Waals surface area contributed by atoms with E-state index < -0.39 is 0 Å². The molecule has 0 unspecified atom stereocenters. The molecule has 1 aromatic heterocycles. The fraction of sp³-hybridized carbons (Fsp3) is 0.458. The van der Waals surface area contributed by atoms with Gasteiger partial charge in [0.15, 0.2) is 0 Å². The molecule has 0 aliphatic carbocycles. The summed E-state index contributed by atoms with van der Waals surface area (Å²) in [5.41, 5.74) is 7.82. The molecule has 25 heavy (non-hydrogen) atoms. The van der Waals surface area contributed by atoms with Crippen LogP contribution in [0.1, 0.15) is 71.2 Å². The summed E-state index contributed by atoms with van der Waals surface area (Å²) < 4.78 is 0. The van der Waals surface area contributed by atoms with Crippen molar-refractivity contribution in [2.24, 2.45) is 5.92 Å². The Bertz CT molecular complexity index is 735. The van der Waals surface area contributed by atoms with Gasteiger partial charge in [0, 0.05) is 11.1 Å². The van der Waals surface area contributed by atoms with Crippen molar-refractivity contribution in [1.29, 1.82) is 0 Å². The number of nitrogens with zero attached hydrogens (tertiary/aromatic N) is 1. The molecule has 1 nitrogen and oxygen atoms in total. The largest absolute Gasteiger partial charge is 0.253 e. The summed E-state index contributed by atoms with van der Waals surface area (Å²) in [7, 11) is 0. The highest BCUT2D eigenvalue weighted by Crippen LogP contribution is 2.31. The third-order valence-electron chi connectivity index (χ3n) is 4.33. The standard InChI is InChI=1S/C22H29N.C2H6/c1-7-9-16(5)20(12-15(3)4)19-10-11-22-21(14-19)18(8-2)13-17(6)23-22;1-2/h7,10-11,13-15H,1,8-9,12H2,2-6H3;1-2H3/b20-16+;. The number of rotatable bonds is 6. The number of allylic oxidation sites excluding steroid dienone is 3. The first-order valence-electron chi connectivity index (χ1n) is 9.66. The lowest BCUT2D eigenvalue weighted by molar-refractivity contribution is 0.671. The zero-order valence-corrected chi connectivity index (χ0v) is 17.2. The quantitative estimate of drug-likeness (QED) is 0.496. The minimum atomic E-state index is 0.641. The SMILES string of the molecule is C=CC/C(C)=C(\CC(C)C)c1ccc2nc(C)cc(CC)c2c1.CC. The molecule has 0 saturated heterocycles. The number of hydrogen-bond donors (Lipinski definition) is 0. The molecule has 0 bridgehead atoms. The molecule has 0 spiro atoms. The van der Waals surface area contributed by atoms with E-state index >= 15 is 0 Å². The molecule has 1 aromatic carbocycles. The number of pyridine rings is 1. The maximum absolute atomic E-state index is 4.69. The van der Waals surface area contributed by atoms with E-state index in [2.05, 4.69) is 65.5 Å². The predicted octanol–water partition coefficient (Wildman–Crippen LogP) is 7.53. The summed E-state index contributed by atoms with van der Waals surface area (Å²) in [4.78, 5) is 4.69. The van der Waals surface area contributed by atoms with Crippen LogP contribution in [-0.4, -0.2) is 4.98 Å². The Kier molecular flexibility index (Phi) is 8.61. The second-order valence-corrected chi connectivity index (χ2v) is 6.86. The maximum atomic E-state index is 4.69. The Hall–Kier alpha value is -1.89. The van der Waals surface area contributed by atoms with Crippen LogP contribution in [0.4, 0.5) is 0 Å². The van der Waals surface area contributed by atoms with Gasteiger partial charge in [0.1, 0.15) is 0 Å². The lowest BCUT2D eigenvalue weighted by Crippen LogP contribution is -1.97. The summed E-state index contributed by atoms with van der Waals surface area (Å²) in [6.07, 6.45) is 5.09. The Labute approximate surface area is 154 Å². The van der Waals surface area contributed by atoms with Crippen molar-refractivity contribution in [2.75, 3.05) is 0 Å². The smallest absolute Gasteiger partial charge is 0.0708 e. The fourth-order valence-electron chi connectivity index (χ4n) is 3.21. The van der Waals surface area contributed by atoms with Gasteiger partial charge in [0.25, 0.3) is 0 Å². The van der Waals surface area contributed by atoms with E-state index in [-0.39, 0.29) is 0 Å². The van der Waals surface area contributed by atoms with Crippen molar-refractivity contribution in [3.63, 3.8) is 0 Å². The van der Waals surface area contributed by atoms with Crippen molar-refractivity contribution in [1.82, 2.24) is 4.98 Å². The van der Waals surface area contributed by atoms with Crippen molar-refractivity contribution >= 4 is 16.5 Å². The molecule has 1 heteroatoms. The molecule has 0 aliphatic heterocycles. The Morgan fingerprint density at radius 1 is 1.20 bits per heavy atom. The van der Waals surface area contributed by atoms with E-state index in [9.17, 15) is 0 Å². The van der Waals surface area contributed by atoms with E-state index in [1.54, 1.807) is 0 Å². The van der Waals surface area contributed by atoms with Gasteiger partial charge in [0.05, 0.1) is 5.52 Å². The zero-order valence-electron chi connectivity index (χ0n) is 17.2. The van der Waals surface area contributed by atoms with E-state index in [4.69, 9.17) is 4.98 Å². The normalized spacial score (nSPS) is 11.8. The lowest BCUT2D eigenvalue weighted by Gasteiger charge is -2.16. The van der Waals surface area contributed by atoms with Crippen molar-refractivity contribution in [3.8, 4) is 0 Å². The molecule has 0 amide bonds. The molecular formula is C24H35N. The summed E-state index contributed by atoms with van der Waals surface area (Å²) in [5.74, 6) is 0.641. The number of fused-ring (bicyclic) bond motifs is 1. The van der Waals surface area contributed by atoms with Crippen molar-refractivity contribution in [3.05, 3.63) is 59.3 Å². The maximum Gasteiger partial charge on any atom is 0.0708 e. The number of aromatic nitrogens is 1. The van der Waals surface area contributed by atoms with Crippen LogP contribution in [0.5, 0.6) is 0 Å². The average Bonchev–Trinajstić information content (AvgIpc) is 2.60. The summed E-state index contributed by atoms with van der Waals surface area (Å²) in [6.45, 7) is 19.0. The van der Waals surface area contributed by atoms with Crippen LogP contribution in [-0.2, 0) is 6.42 Å². The van der Waals surface area contributed by atoms with E-state index in [1.165, 1.54) is 27.7 Å². The Morgan fingerprint density at radius 2 is 1.88 bits per heavy atom. The highest BCUT2D eigenvalue weighted by atomic mass is 14.7.